The lowest BCUT2D eigenvalue weighted by Crippen LogP contribution is -2.11. The molecule has 0 N–H and O–H groups in total. The summed E-state index contributed by atoms with van der Waals surface area (Å²) in [4.78, 5) is 0. The van der Waals surface area contributed by atoms with Crippen LogP contribution in [0, 0.1) is 0 Å². The van der Waals surface area contributed by atoms with Gasteiger partial charge in [0.05, 0.1) is 8.80 Å². The molecule has 0 saturated carbocycles. The van der Waals surface area contributed by atoms with Crippen LogP contribution in [0.15, 0.2) is 10.7 Å². The molecule has 0 saturated heterocycles. The highest BCUT2D eigenvalue weighted by molar-refractivity contribution is 9.12. The van der Waals surface area contributed by atoms with Gasteiger partial charge in [0.2, 0.25) is 0 Å². The van der Waals surface area contributed by atoms with Gasteiger partial charge >= 0.3 is 0 Å². The Bertz CT molecular complexity index is 115. The summed E-state index contributed by atoms with van der Waals surface area (Å²) in [5, 5.41) is 0. The predicted molar refractivity (Wildman–Crippen MR) is 64.6 cm³/mol. The molecule has 12 heavy (non-hydrogen) atoms. The fourth-order valence-electron chi connectivity index (χ4n) is 1.36. The van der Waals surface area contributed by atoms with Gasteiger partial charge in [0.15, 0.2) is 0 Å². The highest BCUT2D eigenvalue weighted by Gasteiger charge is 2.10. The monoisotopic (exact) mass is 248 g/mol. The summed E-state index contributed by atoms with van der Waals surface area (Å²) in [7, 11) is -0.620. The van der Waals surface area contributed by atoms with Gasteiger partial charge in [-0.15, -0.1) is 0 Å². The van der Waals surface area contributed by atoms with E-state index in [0.29, 0.717) is 0 Å². The number of rotatable bonds is 7. The first-order chi connectivity index (χ1) is 5.72. The quantitative estimate of drug-likeness (QED) is 0.591. The average molecular weight is 249 g/mol. The molecule has 0 aromatic carbocycles. The number of halogens is 1. The Kier molecular flexibility index (Phi) is 8.35. The van der Waals surface area contributed by atoms with Crippen molar-refractivity contribution in [1.82, 2.24) is 0 Å². The van der Waals surface area contributed by atoms with Crippen LogP contribution in [-0.2, 0) is 0 Å². The van der Waals surface area contributed by atoms with Crippen molar-refractivity contribution in [3.8, 4) is 0 Å². The minimum atomic E-state index is -0.620. The number of unbranched alkanes of at least 4 members (excludes halogenated alkanes) is 2. The third-order valence-corrected chi connectivity index (χ3v) is 7.29. The maximum Gasteiger partial charge on any atom is 0.0790 e. The largest absolute Gasteiger partial charge is 0.0934 e. The van der Waals surface area contributed by atoms with Crippen LogP contribution in [0.25, 0.3) is 0 Å². The van der Waals surface area contributed by atoms with E-state index < -0.39 is 8.80 Å². The van der Waals surface area contributed by atoms with Gasteiger partial charge in [-0.3, -0.25) is 0 Å². The smallest absolute Gasteiger partial charge is 0.0790 e. The molecule has 0 aliphatic heterocycles. The van der Waals surface area contributed by atoms with Crippen LogP contribution in [0.5, 0.6) is 0 Å². The molecule has 0 bridgehead atoms. The summed E-state index contributed by atoms with van der Waals surface area (Å²) >= 11 is 3.57. The van der Waals surface area contributed by atoms with E-state index in [1.165, 1.54) is 41.9 Å². The van der Waals surface area contributed by atoms with Crippen molar-refractivity contribution < 1.29 is 0 Å². The lowest BCUT2D eigenvalue weighted by Gasteiger charge is -2.12. The molecule has 0 heterocycles. The van der Waals surface area contributed by atoms with Gasteiger partial charge in [0.25, 0.3) is 0 Å². The topological polar surface area (TPSA) is 0 Å². The second-order valence-electron chi connectivity index (χ2n) is 3.43. The average Bonchev–Trinajstić information content (AvgIpc) is 2.04. The number of hydrogen-bond donors (Lipinski definition) is 0. The second kappa shape index (κ2) is 8.05. The van der Waals surface area contributed by atoms with E-state index >= 15 is 0 Å². The summed E-state index contributed by atoms with van der Waals surface area (Å²) in [5.74, 6) is 0. The van der Waals surface area contributed by atoms with E-state index in [-0.39, 0.29) is 0 Å². The molecule has 0 aromatic heterocycles. The van der Waals surface area contributed by atoms with Crippen molar-refractivity contribution in [1.29, 1.82) is 0 Å². The highest BCUT2D eigenvalue weighted by Crippen LogP contribution is 2.19. The lowest BCUT2D eigenvalue weighted by atomic mass is 10.4. The van der Waals surface area contributed by atoms with Gasteiger partial charge in [-0.1, -0.05) is 74.1 Å². The Hall–Kier alpha value is 0.437. The Labute approximate surface area is 87.2 Å². The molecule has 0 aliphatic carbocycles. The SMILES string of the molecule is C=C(Br)[SiH](CCCC)CCCC. The van der Waals surface area contributed by atoms with Gasteiger partial charge < -0.3 is 0 Å². The first-order valence-corrected chi connectivity index (χ1v) is 8.07. The van der Waals surface area contributed by atoms with Crippen molar-refractivity contribution in [3.63, 3.8) is 0 Å². The Balaban J connectivity index is 3.62. The minimum Gasteiger partial charge on any atom is -0.0934 e. The van der Waals surface area contributed by atoms with Crippen LogP contribution in [0.1, 0.15) is 39.5 Å². The molecule has 0 aromatic rings. The van der Waals surface area contributed by atoms with E-state index in [9.17, 15) is 0 Å². The van der Waals surface area contributed by atoms with Crippen molar-refractivity contribution in [2.24, 2.45) is 0 Å². The molecule has 0 amide bonds. The molecule has 0 atom stereocenters. The maximum absolute atomic E-state index is 4.04. The Morgan fingerprint density at radius 1 is 1.17 bits per heavy atom. The van der Waals surface area contributed by atoms with Gasteiger partial charge in [-0.2, -0.15) is 0 Å². The Morgan fingerprint density at radius 2 is 1.58 bits per heavy atom. The molecular formula is C10H21BrSi. The summed E-state index contributed by atoms with van der Waals surface area (Å²) in [6, 6.07) is 2.89. The van der Waals surface area contributed by atoms with Gasteiger partial charge in [-0.25, -0.2) is 0 Å². The molecule has 2 heteroatoms. The molecule has 0 nitrogen and oxygen atoms in total. The van der Waals surface area contributed by atoms with Crippen molar-refractivity contribution in [2.45, 2.75) is 51.6 Å². The predicted octanol–water partition coefficient (Wildman–Crippen LogP) is 4.26. The summed E-state index contributed by atoms with van der Waals surface area (Å²) in [5.41, 5.74) is 0. The van der Waals surface area contributed by atoms with E-state index in [1.807, 2.05) is 0 Å². The fraction of sp³-hybridized carbons (Fsp3) is 0.800. The van der Waals surface area contributed by atoms with Crippen LogP contribution in [0.2, 0.25) is 12.1 Å². The minimum absolute atomic E-state index is 0.620. The molecule has 0 radical (unpaired) electrons. The number of hydrogen-bond acceptors (Lipinski definition) is 0. The van der Waals surface area contributed by atoms with E-state index in [2.05, 4.69) is 36.4 Å². The van der Waals surface area contributed by atoms with Crippen LogP contribution in [-0.4, -0.2) is 8.80 Å². The van der Waals surface area contributed by atoms with Crippen LogP contribution in [0.3, 0.4) is 0 Å². The maximum atomic E-state index is 4.04. The molecule has 0 fully saturated rings. The van der Waals surface area contributed by atoms with Gasteiger partial charge in [-0.05, 0) is 4.11 Å². The molecule has 0 aliphatic rings. The van der Waals surface area contributed by atoms with E-state index in [1.54, 1.807) is 0 Å². The molecule has 0 unspecified atom stereocenters. The highest BCUT2D eigenvalue weighted by atomic mass is 79.9. The van der Waals surface area contributed by atoms with Crippen molar-refractivity contribution in [3.05, 3.63) is 10.7 Å². The van der Waals surface area contributed by atoms with E-state index in [4.69, 9.17) is 0 Å². The van der Waals surface area contributed by atoms with Gasteiger partial charge in [0.1, 0.15) is 0 Å². The third-order valence-electron chi connectivity index (χ3n) is 2.26. The van der Waals surface area contributed by atoms with Crippen LogP contribution < -0.4 is 0 Å². The summed E-state index contributed by atoms with van der Waals surface area (Å²) in [6.07, 6.45) is 5.45. The zero-order chi connectivity index (χ0) is 9.40. The van der Waals surface area contributed by atoms with Crippen LogP contribution in [0.4, 0.5) is 0 Å². The molecule has 72 valence electrons. The molecular weight excluding hydrogens is 228 g/mol. The molecule has 0 spiro atoms. The van der Waals surface area contributed by atoms with Gasteiger partial charge in [0, 0.05) is 0 Å². The fourth-order valence-corrected chi connectivity index (χ4v) is 5.45. The zero-order valence-corrected chi connectivity index (χ0v) is 11.1. The molecule has 0 rings (SSSR count). The lowest BCUT2D eigenvalue weighted by molar-refractivity contribution is 0.845. The Morgan fingerprint density at radius 3 is 1.83 bits per heavy atom. The van der Waals surface area contributed by atoms with Crippen molar-refractivity contribution in [2.75, 3.05) is 0 Å². The first-order valence-electron chi connectivity index (χ1n) is 5.06. The first kappa shape index (κ1) is 12.4. The van der Waals surface area contributed by atoms with E-state index in [0.717, 1.165) is 0 Å². The standard InChI is InChI=1S/C10H21BrSi/c1-4-6-8-12(10(3)11)9-7-5-2/h12H,3-9H2,1-2H3. The summed E-state index contributed by atoms with van der Waals surface area (Å²) < 4.78 is 1.34. The zero-order valence-electron chi connectivity index (χ0n) is 8.41. The van der Waals surface area contributed by atoms with Crippen molar-refractivity contribution >= 4 is 24.7 Å². The normalized spacial score (nSPS) is 10.7. The second-order valence-corrected chi connectivity index (χ2v) is 8.54. The summed E-state index contributed by atoms with van der Waals surface area (Å²) in [6.45, 7) is 8.57. The third kappa shape index (κ3) is 6.01. The van der Waals surface area contributed by atoms with Crippen LogP contribution >= 0.6 is 15.9 Å².